The maximum absolute atomic E-state index is 13.8. The molecule has 192 valence electrons. The predicted molar refractivity (Wildman–Crippen MR) is 139 cm³/mol. The zero-order valence-electron chi connectivity index (χ0n) is 21.2. The Morgan fingerprint density at radius 1 is 1.08 bits per heavy atom. The van der Waals surface area contributed by atoms with Gasteiger partial charge in [-0.2, -0.15) is 0 Å². The molecule has 36 heavy (non-hydrogen) atoms. The average Bonchev–Trinajstić information content (AvgIpc) is 3.15. The summed E-state index contributed by atoms with van der Waals surface area (Å²) < 4.78 is 5.23. The van der Waals surface area contributed by atoms with E-state index in [2.05, 4.69) is 15.5 Å². The van der Waals surface area contributed by atoms with Gasteiger partial charge in [-0.1, -0.05) is 31.2 Å². The van der Waals surface area contributed by atoms with Crippen LogP contribution in [0.2, 0.25) is 0 Å². The van der Waals surface area contributed by atoms with Gasteiger partial charge in [0.2, 0.25) is 5.91 Å². The second kappa shape index (κ2) is 10.9. The average molecular weight is 494 g/mol. The number of carbonyl (C=O) groups is 3. The molecular weight excluding hydrogens is 458 g/mol. The molecule has 2 aliphatic heterocycles. The van der Waals surface area contributed by atoms with E-state index in [0.29, 0.717) is 44.0 Å². The fourth-order valence-corrected chi connectivity index (χ4v) is 4.90. The molecule has 2 heterocycles. The van der Waals surface area contributed by atoms with Crippen molar-refractivity contribution in [2.24, 2.45) is 0 Å². The van der Waals surface area contributed by atoms with Gasteiger partial charge in [-0.25, -0.2) is 4.79 Å². The van der Waals surface area contributed by atoms with Gasteiger partial charge in [-0.3, -0.25) is 9.59 Å². The number of hydrogen-bond acceptors (Lipinski definition) is 5. The van der Waals surface area contributed by atoms with Crippen LogP contribution in [-0.2, 0) is 9.59 Å². The van der Waals surface area contributed by atoms with E-state index in [4.69, 9.17) is 4.74 Å². The maximum Gasteiger partial charge on any atom is 0.321 e. The number of piperidine rings is 1. The van der Waals surface area contributed by atoms with Gasteiger partial charge in [-0.05, 0) is 50.5 Å². The number of ether oxygens (including phenoxy) is 1. The highest BCUT2D eigenvalue weighted by Gasteiger charge is 2.54. The molecule has 0 aliphatic carbocycles. The van der Waals surface area contributed by atoms with Crippen LogP contribution in [0.5, 0.6) is 5.75 Å². The van der Waals surface area contributed by atoms with Gasteiger partial charge < -0.3 is 30.1 Å². The van der Waals surface area contributed by atoms with Crippen molar-refractivity contribution in [3.05, 3.63) is 54.6 Å². The Labute approximate surface area is 212 Å². The molecular formula is C27H35N5O4. The Hall–Kier alpha value is -3.75. The summed E-state index contributed by atoms with van der Waals surface area (Å²) >= 11 is 0. The molecule has 2 saturated heterocycles. The van der Waals surface area contributed by atoms with Crippen molar-refractivity contribution < 1.29 is 19.1 Å². The van der Waals surface area contributed by atoms with Crippen molar-refractivity contribution in [3.8, 4) is 5.75 Å². The number of carbonyl (C=O) groups excluding carboxylic acids is 3. The molecule has 4 rings (SSSR count). The van der Waals surface area contributed by atoms with Crippen LogP contribution in [0.3, 0.4) is 0 Å². The lowest BCUT2D eigenvalue weighted by atomic mass is 9.85. The summed E-state index contributed by atoms with van der Waals surface area (Å²) in [5, 5.41) is 5.88. The van der Waals surface area contributed by atoms with Gasteiger partial charge in [0.25, 0.3) is 5.91 Å². The van der Waals surface area contributed by atoms with E-state index in [9.17, 15) is 14.4 Å². The van der Waals surface area contributed by atoms with Gasteiger partial charge in [0, 0.05) is 36.6 Å². The van der Waals surface area contributed by atoms with Crippen LogP contribution in [0.15, 0.2) is 54.6 Å². The standard InChI is InChI=1S/C27H35N5O4/c1-4-20(2)28-24(33)18-31-19-32(22-10-6-5-7-11-22)27(25(31)34)13-15-30(16-14-27)26(35)29-21-9-8-12-23(17-21)36-3/h5-12,17,20H,4,13-16,18-19H2,1-3H3,(H,28,33)(H,29,35). The Bertz CT molecular complexity index is 1080. The van der Waals surface area contributed by atoms with Gasteiger partial charge in [-0.15, -0.1) is 0 Å². The molecule has 1 atom stereocenters. The Balaban J connectivity index is 1.48. The molecule has 1 spiro atoms. The molecule has 0 bridgehead atoms. The molecule has 2 N–H and O–H groups in total. The number of anilines is 2. The highest BCUT2D eigenvalue weighted by atomic mass is 16.5. The highest BCUT2D eigenvalue weighted by Crippen LogP contribution is 2.39. The number of urea groups is 1. The van der Waals surface area contributed by atoms with Crippen molar-refractivity contribution in [1.29, 1.82) is 0 Å². The third kappa shape index (κ3) is 5.24. The zero-order valence-corrected chi connectivity index (χ0v) is 21.2. The minimum atomic E-state index is -0.787. The molecule has 2 aromatic carbocycles. The largest absolute Gasteiger partial charge is 0.497 e. The lowest BCUT2D eigenvalue weighted by molar-refractivity contribution is -0.137. The van der Waals surface area contributed by atoms with Gasteiger partial charge in [0.15, 0.2) is 0 Å². The van der Waals surface area contributed by atoms with Crippen LogP contribution < -0.4 is 20.3 Å². The number of para-hydroxylation sites is 1. The fourth-order valence-electron chi connectivity index (χ4n) is 4.90. The second-order valence-corrected chi connectivity index (χ2v) is 9.47. The summed E-state index contributed by atoms with van der Waals surface area (Å²) in [5.74, 6) is 0.453. The lowest BCUT2D eigenvalue weighted by Crippen LogP contribution is -2.58. The molecule has 2 fully saturated rings. The Kier molecular flexibility index (Phi) is 7.67. The first-order chi connectivity index (χ1) is 17.4. The SMILES string of the molecule is CCC(C)NC(=O)CN1CN(c2ccccc2)C2(CCN(C(=O)Nc3cccc(OC)c3)CC2)C1=O. The third-order valence-electron chi connectivity index (χ3n) is 7.14. The molecule has 4 amide bonds. The molecule has 0 aromatic heterocycles. The van der Waals surface area contributed by atoms with E-state index in [1.165, 1.54) is 0 Å². The van der Waals surface area contributed by atoms with E-state index in [1.54, 1.807) is 23.0 Å². The quantitative estimate of drug-likeness (QED) is 0.617. The number of hydrogen-bond donors (Lipinski definition) is 2. The minimum Gasteiger partial charge on any atom is -0.497 e. The van der Waals surface area contributed by atoms with Crippen LogP contribution in [-0.4, -0.2) is 72.6 Å². The number of likely N-dealkylation sites (tertiary alicyclic amines) is 1. The molecule has 2 aromatic rings. The number of nitrogens with one attached hydrogen (secondary N) is 2. The monoisotopic (exact) mass is 493 g/mol. The van der Waals surface area contributed by atoms with Crippen molar-refractivity contribution >= 4 is 29.2 Å². The van der Waals surface area contributed by atoms with Crippen LogP contribution in [0, 0.1) is 0 Å². The van der Waals surface area contributed by atoms with Crippen LogP contribution in [0.1, 0.15) is 33.1 Å². The van der Waals surface area contributed by atoms with Crippen molar-refractivity contribution in [2.45, 2.75) is 44.7 Å². The summed E-state index contributed by atoms with van der Waals surface area (Å²) in [6.45, 7) is 5.18. The molecule has 9 heteroatoms. The summed E-state index contributed by atoms with van der Waals surface area (Å²) in [6.07, 6.45) is 1.79. The Morgan fingerprint density at radius 3 is 2.47 bits per heavy atom. The highest BCUT2D eigenvalue weighted by molar-refractivity contribution is 5.97. The van der Waals surface area contributed by atoms with E-state index in [0.717, 1.165) is 12.1 Å². The first-order valence-electron chi connectivity index (χ1n) is 12.5. The summed E-state index contributed by atoms with van der Waals surface area (Å²) in [7, 11) is 1.58. The minimum absolute atomic E-state index is 0.0221. The van der Waals surface area contributed by atoms with Crippen molar-refractivity contribution in [1.82, 2.24) is 15.1 Å². The summed E-state index contributed by atoms with van der Waals surface area (Å²) in [6, 6.07) is 16.9. The number of methoxy groups -OCH3 is 1. The van der Waals surface area contributed by atoms with E-state index >= 15 is 0 Å². The molecule has 1 unspecified atom stereocenters. The summed E-state index contributed by atoms with van der Waals surface area (Å²) in [5.41, 5.74) is 0.802. The first-order valence-corrected chi connectivity index (χ1v) is 12.5. The third-order valence-corrected chi connectivity index (χ3v) is 7.14. The van der Waals surface area contributed by atoms with E-state index in [-0.39, 0.29) is 30.4 Å². The zero-order chi connectivity index (χ0) is 25.7. The van der Waals surface area contributed by atoms with Gasteiger partial charge >= 0.3 is 6.03 Å². The van der Waals surface area contributed by atoms with Gasteiger partial charge in [0.1, 0.15) is 17.8 Å². The van der Waals surface area contributed by atoms with Crippen LogP contribution in [0.25, 0.3) is 0 Å². The number of nitrogens with zero attached hydrogens (tertiary/aromatic N) is 3. The molecule has 0 saturated carbocycles. The number of rotatable bonds is 7. The van der Waals surface area contributed by atoms with Crippen molar-refractivity contribution in [3.63, 3.8) is 0 Å². The first kappa shape index (κ1) is 25.3. The van der Waals surface area contributed by atoms with Crippen LogP contribution in [0.4, 0.5) is 16.2 Å². The molecule has 0 radical (unpaired) electrons. The number of amides is 4. The smallest absolute Gasteiger partial charge is 0.321 e. The number of benzene rings is 2. The maximum atomic E-state index is 13.8. The van der Waals surface area contributed by atoms with E-state index in [1.807, 2.05) is 62.4 Å². The van der Waals surface area contributed by atoms with E-state index < -0.39 is 5.54 Å². The van der Waals surface area contributed by atoms with Gasteiger partial charge in [0.05, 0.1) is 13.8 Å². The summed E-state index contributed by atoms with van der Waals surface area (Å²) in [4.78, 5) is 44.8. The Morgan fingerprint density at radius 2 is 1.81 bits per heavy atom. The predicted octanol–water partition coefficient (Wildman–Crippen LogP) is 3.28. The second-order valence-electron chi connectivity index (χ2n) is 9.47. The normalized spacial score (nSPS) is 17.8. The topological polar surface area (TPSA) is 94.2 Å². The van der Waals surface area contributed by atoms with Crippen LogP contribution >= 0.6 is 0 Å². The molecule has 9 nitrogen and oxygen atoms in total. The fraction of sp³-hybridized carbons (Fsp3) is 0.444. The van der Waals surface area contributed by atoms with Crippen molar-refractivity contribution in [2.75, 3.05) is 43.6 Å². The lowest BCUT2D eigenvalue weighted by Gasteiger charge is -2.43. The molecule has 2 aliphatic rings.